The van der Waals surface area contributed by atoms with Gasteiger partial charge in [-0.3, -0.25) is 4.79 Å². The maximum atomic E-state index is 11.8. The monoisotopic (exact) mass is 392 g/mol. The maximum absolute atomic E-state index is 11.8. The van der Waals surface area contributed by atoms with E-state index in [0.29, 0.717) is 21.7 Å². The highest BCUT2D eigenvalue weighted by Crippen LogP contribution is 2.28. The highest BCUT2D eigenvalue weighted by atomic mass is 79.9. The summed E-state index contributed by atoms with van der Waals surface area (Å²) in [5.41, 5.74) is 3.85. The number of amides is 1. The lowest BCUT2D eigenvalue weighted by Gasteiger charge is -2.09. The van der Waals surface area contributed by atoms with Crippen molar-refractivity contribution < 1.29 is 19.4 Å². The topological polar surface area (TPSA) is 80.2 Å². The zero-order chi connectivity index (χ0) is 17.5. The Bertz CT molecular complexity index is 745. The Kier molecular flexibility index (Phi) is 6.20. The van der Waals surface area contributed by atoms with Crippen LogP contribution in [0.5, 0.6) is 17.2 Å². The van der Waals surface area contributed by atoms with Crippen LogP contribution >= 0.6 is 15.9 Å². The van der Waals surface area contributed by atoms with Crippen LogP contribution < -0.4 is 14.9 Å². The molecule has 2 rings (SSSR count). The summed E-state index contributed by atoms with van der Waals surface area (Å²) >= 11 is 3.35. The molecular weight excluding hydrogens is 376 g/mol. The fraction of sp³-hybridized carbons (Fsp3) is 0.176. The molecule has 1 amide bonds. The summed E-state index contributed by atoms with van der Waals surface area (Å²) in [6.45, 7) is 1.59. The van der Waals surface area contributed by atoms with Gasteiger partial charge >= 0.3 is 0 Å². The number of benzene rings is 2. The Hall–Kier alpha value is -2.54. The van der Waals surface area contributed by atoms with Gasteiger partial charge in [0.15, 0.2) is 6.61 Å². The predicted octanol–water partition coefficient (Wildman–Crippen LogP) is 3.08. The first-order valence-electron chi connectivity index (χ1n) is 7.08. The Labute approximate surface area is 148 Å². The normalized spacial score (nSPS) is 11.0. The van der Waals surface area contributed by atoms with E-state index in [1.807, 2.05) is 0 Å². The lowest BCUT2D eigenvalue weighted by Crippen LogP contribution is -2.25. The number of phenols is 1. The van der Waals surface area contributed by atoms with Gasteiger partial charge in [0.05, 0.1) is 17.3 Å². The van der Waals surface area contributed by atoms with Crippen LogP contribution in [0, 0.1) is 0 Å². The highest BCUT2D eigenvalue weighted by molar-refractivity contribution is 9.10. The van der Waals surface area contributed by atoms with Crippen LogP contribution in [0.3, 0.4) is 0 Å². The van der Waals surface area contributed by atoms with E-state index in [0.717, 1.165) is 5.56 Å². The number of ether oxygens (including phenoxy) is 2. The number of carbonyl (C=O) groups is 1. The zero-order valence-electron chi connectivity index (χ0n) is 13.2. The van der Waals surface area contributed by atoms with Gasteiger partial charge in [-0.2, -0.15) is 5.10 Å². The number of hydrazone groups is 1. The summed E-state index contributed by atoms with van der Waals surface area (Å²) in [5.74, 6) is 1.02. The van der Waals surface area contributed by atoms with Gasteiger partial charge in [0.1, 0.15) is 17.2 Å². The van der Waals surface area contributed by atoms with E-state index in [2.05, 4.69) is 26.5 Å². The molecule has 0 spiro atoms. The molecule has 0 saturated carbocycles. The molecule has 0 fully saturated rings. The molecule has 126 valence electrons. The molecule has 2 aromatic rings. The lowest BCUT2D eigenvalue weighted by atomic mass is 10.1. The second-order valence-corrected chi connectivity index (χ2v) is 5.72. The molecule has 0 radical (unpaired) electrons. The standard InChI is InChI=1S/C17H17BrN2O4/c1-11(12-3-5-13(21)6-4-12)19-20-17(22)10-24-16-8-7-14(23-2)9-15(16)18/h3-9,21H,10H2,1-2H3,(H,20,22). The fourth-order valence-electron chi connectivity index (χ4n) is 1.81. The molecule has 0 aromatic heterocycles. The molecule has 2 N–H and O–H groups in total. The first-order valence-corrected chi connectivity index (χ1v) is 7.88. The van der Waals surface area contributed by atoms with Crippen LogP contribution in [0.4, 0.5) is 0 Å². The van der Waals surface area contributed by atoms with Crippen molar-refractivity contribution in [2.24, 2.45) is 5.10 Å². The largest absolute Gasteiger partial charge is 0.508 e. The van der Waals surface area contributed by atoms with Crippen LogP contribution in [0.15, 0.2) is 52.0 Å². The molecule has 0 heterocycles. The number of phenolic OH excluding ortho intramolecular Hbond substituents is 1. The third-order valence-corrected chi connectivity index (χ3v) is 3.75. The molecule has 0 atom stereocenters. The smallest absolute Gasteiger partial charge is 0.277 e. The van der Waals surface area contributed by atoms with Gasteiger partial charge in [0, 0.05) is 0 Å². The number of rotatable bonds is 6. The molecule has 0 unspecified atom stereocenters. The minimum atomic E-state index is -0.379. The van der Waals surface area contributed by atoms with Gasteiger partial charge in [0.2, 0.25) is 0 Å². The van der Waals surface area contributed by atoms with Crippen LogP contribution in [-0.4, -0.2) is 30.4 Å². The van der Waals surface area contributed by atoms with Crippen molar-refractivity contribution in [2.45, 2.75) is 6.92 Å². The first kappa shape index (κ1) is 17.8. The van der Waals surface area contributed by atoms with Crippen LogP contribution in [0.25, 0.3) is 0 Å². The molecule has 0 saturated heterocycles. The van der Waals surface area contributed by atoms with Gasteiger partial charge in [0.25, 0.3) is 5.91 Å². The number of halogens is 1. The third-order valence-electron chi connectivity index (χ3n) is 3.13. The van der Waals surface area contributed by atoms with Gasteiger partial charge < -0.3 is 14.6 Å². The van der Waals surface area contributed by atoms with E-state index in [4.69, 9.17) is 9.47 Å². The quantitative estimate of drug-likeness (QED) is 0.584. The Morgan fingerprint density at radius 1 is 1.25 bits per heavy atom. The molecular formula is C17H17BrN2O4. The second-order valence-electron chi connectivity index (χ2n) is 4.86. The van der Waals surface area contributed by atoms with E-state index in [-0.39, 0.29) is 18.3 Å². The first-order chi connectivity index (χ1) is 11.5. The number of hydrogen-bond acceptors (Lipinski definition) is 5. The molecule has 7 heteroatoms. The molecule has 2 aromatic carbocycles. The van der Waals surface area contributed by atoms with Crippen molar-refractivity contribution in [3.05, 3.63) is 52.5 Å². The predicted molar refractivity (Wildman–Crippen MR) is 94.6 cm³/mol. The van der Waals surface area contributed by atoms with Gasteiger partial charge in [-0.1, -0.05) is 0 Å². The Balaban J connectivity index is 1.89. The van der Waals surface area contributed by atoms with E-state index in [1.165, 1.54) is 0 Å². The number of aromatic hydroxyl groups is 1. The SMILES string of the molecule is COc1ccc(OCC(=O)NN=C(C)c2ccc(O)cc2)c(Br)c1. The van der Waals surface area contributed by atoms with Crippen molar-refractivity contribution >= 4 is 27.5 Å². The molecule has 0 aliphatic heterocycles. The minimum Gasteiger partial charge on any atom is -0.508 e. The van der Waals surface area contributed by atoms with E-state index >= 15 is 0 Å². The number of carbonyl (C=O) groups excluding carboxylic acids is 1. The second kappa shape index (κ2) is 8.35. The Morgan fingerprint density at radius 2 is 1.96 bits per heavy atom. The maximum Gasteiger partial charge on any atom is 0.277 e. The lowest BCUT2D eigenvalue weighted by molar-refractivity contribution is -0.123. The van der Waals surface area contributed by atoms with Crippen LogP contribution in [0.2, 0.25) is 0 Å². The van der Waals surface area contributed by atoms with Crippen molar-refractivity contribution in [3.8, 4) is 17.2 Å². The van der Waals surface area contributed by atoms with Crippen LogP contribution in [-0.2, 0) is 4.79 Å². The fourth-order valence-corrected chi connectivity index (χ4v) is 2.29. The average Bonchev–Trinajstić information content (AvgIpc) is 2.59. The molecule has 0 aliphatic carbocycles. The van der Waals surface area contributed by atoms with E-state index < -0.39 is 0 Å². The van der Waals surface area contributed by atoms with E-state index in [1.54, 1.807) is 56.5 Å². The number of nitrogens with one attached hydrogen (secondary N) is 1. The summed E-state index contributed by atoms with van der Waals surface area (Å²) < 4.78 is 11.2. The van der Waals surface area contributed by atoms with Crippen LogP contribution in [0.1, 0.15) is 12.5 Å². The van der Waals surface area contributed by atoms with Gasteiger partial charge in [-0.05, 0) is 70.9 Å². The van der Waals surface area contributed by atoms with E-state index in [9.17, 15) is 9.90 Å². The van der Waals surface area contributed by atoms with Crippen molar-refractivity contribution in [3.63, 3.8) is 0 Å². The van der Waals surface area contributed by atoms with Crippen molar-refractivity contribution in [1.29, 1.82) is 0 Å². The molecule has 24 heavy (non-hydrogen) atoms. The summed E-state index contributed by atoms with van der Waals surface area (Å²) in [7, 11) is 1.57. The Morgan fingerprint density at radius 3 is 2.58 bits per heavy atom. The zero-order valence-corrected chi connectivity index (χ0v) is 14.8. The third kappa shape index (κ3) is 4.99. The number of methoxy groups -OCH3 is 1. The van der Waals surface area contributed by atoms with Gasteiger partial charge in [-0.15, -0.1) is 0 Å². The number of nitrogens with zero attached hydrogens (tertiary/aromatic N) is 1. The van der Waals surface area contributed by atoms with Crippen molar-refractivity contribution in [1.82, 2.24) is 5.43 Å². The highest BCUT2D eigenvalue weighted by Gasteiger charge is 2.07. The molecule has 6 nitrogen and oxygen atoms in total. The minimum absolute atomic E-state index is 0.169. The van der Waals surface area contributed by atoms with Crippen molar-refractivity contribution in [2.75, 3.05) is 13.7 Å². The summed E-state index contributed by atoms with van der Waals surface area (Å²) in [6.07, 6.45) is 0. The van der Waals surface area contributed by atoms with Gasteiger partial charge in [-0.25, -0.2) is 5.43 Å². The number of hydrogen-bond donors (Lipinski definition) is 2. The molecule has 0 aliphatic rings. The summed E-state index contributed by atoms with van der Waals surface area (Å²) in [5, 5.41) is 13.3. The summed E-state index contributed by atoms with van der Waals surface area (Å²) in [6, 6.07) is 11.7. The molecule has 0 bridgehead atoms. The average molecular weight is 393 g/mol. The summed E-state index contributed by atoms with van der Waals surface area (Å²) in [4.78, 5) is 11.8.